The molecule has 0 saturated heterocycles. The number of rotatable bonds is 8. The molecule has 0 aliphatic carbocycles. The Morgan fingerprint density at radius 3 is 2.38 bits per heavy atom. The monoisotopic (exact) mass is 354 g/mol. The number of aromatic nitrogens is 4. The SMILES string of the molecule is CCCc1ccc(CCCOc2c(C)cc(-c3nnn(C)n3)cc2C)o1. The van der Waals surface area contributed by atoms with Gasteiger partial charge in [-0.25, -0.2) is 0 Å². The topological polar surface area (TPSA) is 66.0 Å². The summed E-state index contributed by atoms with van der Waals surface area (Å²) in [5.74, 6) is 3.67. The molecule has 0 N–H and O–H groups in total. The van der Waals surface area contributed by atoms with Gasteiger partial charge in [0.2, 0.25) is 5.82 Å². The molecule has 3 aromatic rings. The third kappa shape index (κ3) is 4.31. The third-order valence-electron chi connectivity index (χ3n) is 4.25. The maximum atomic E-state index is 6.04. The maximum absolute atomic E-state index is 6.04. The Morgan fingerprint density at radius 1 is 1.08 bits per heavy atom. The smallest absolute Gasteiger partial charge is 0.204 e. The van der Waals surface area contributed by atoms with Gasteiger partial charge in [0.1, 0.15) is 17.3 Å². The van der Waals surface area contributed by atoms with Gasteiger partial charge in [-0.3, -0.25) is 0 Å². The molecular formula is C20H26N4O2. The van der Waals surface area contributed by atoms with Gasteiger partial charge in [-0.15, -0.1) is 10.2 Å². The molecule has 0 bridgehead atoms. The fourth-order valence-corrected chi connectivity index (χ4v) is 3.06. The highest BCUT2D eigenvalue weighted by molar-refractivity contribution is 5.60. The Bertz CT molecular complexity index is 843. The van der Waals surface area contributed by atoms with Crippen LogP contribution >= 0.6 is 0 Å². The molecule has 26 heavy (non-hydrogen) atoms. The Balaban J connectivity index is 1.57. The number of hydrogen-bond donors (Lipinski definition) is 0. The highest BCUT2D eigenvalue weighted by Crippen LogP contribution is 2.28. The summed E-state index contributed by atoms with van der Waals surface area (Å²) < 4.78 is 11.8. The second-order valence-electron chi connectivity index (χ2n) is 6.61. The van der Waals surface area contributed by atoms with E-state index in [-0.39, 0.29) is 0 Å². The first-order chi connectivity index (χ1) is 12.6. The van der Waals surface area contributed by atoms with Crippen LogP contribution in [0.3, 0.4) is 0 Å². The zero-order chi connectivity index (χ0) is 18.5. The standard InChI is InChI=1S/C20H26N4O2/c1-5-7-17-9-10-18(26-17)8-6-11-25-19-14(2)12-16(13-15(19)3)20-21-23-24(4)22-20/h9-10,12-13H,5-8,11H2,1-4H3. The Kier molecular flexibility index (Phi) is 5.71. The molecule has 0 fully saturated rings. The molecular weight excluding hydrogens is 328 g/mol. The zero-order valence-corrected chi connectivity index (χ0v) is 16.0. The normalized spacial score (nSPS) is 11.1. The molecule has 2 aromatic heterocycles. The van der Waals surface area contributed by atoms with Crippen molar-refractivity contribution >= 4 is 0 Å². The van der Waals surface area contributed by atoms with Gasteiger partial charge in [-0.2, -0.15) is 4.80 Å². The minimum absolute atomic E-state index is 0.631. The van der Waals surface area contributed by atoms with E-state index in [9.17, 15) is 0 Å². The molecule has 0 aliphatic heterocycles. The number of hydrogen-bond acceptors (Lipinski definition) is 5. The van der Waals surface area contributed by atoms with Crippen molar-refractivity contribution in [1.82, 2.24) is 20.2 Å². The van der Waals surface area contributed by atoms with Gasteiger partial charge in [-0.05, 0) is 67.3 Å². The molecule has 1 aromatic carbocycles. The summed E-state index contributed by atoms with van der Waals surface area (Å²) >= 11 is 0. The van der Waals surface area contributed by atoms with Crippen molar-refractivity contribution in [1.29, 1.82) is 0 Å². The molecule has 6 nitrogen and oxygen atoms in total. The quantitative estimate of drug-likeness (QED) is 0.571. The van der Waals surface area contributed by atoms with E-state index in [4.69, 9.17) is 9.15 Å². The third-order valence-corrected chi connectivity index (χ3v) is 4.25. The first-order valence-corrected chi connectivity index (χ1v) is 9.13. The molecule has 0 spiro atoms. The molecule has 3 rings (SSSR count). The van der Waals surface area contributed by atoms with Crippen molar-refractivity contribution in [2.45, 2.75) is 46.5 Å². The lowest BCUT2D eigenvalue weighted by Crippen LogP contribution is -2.02. The summed E-state index contributed by atoms with van der Waals surface area (Å²) in [6.07, 6.45) is 3.92. The lowest BCUT2D eigenvalue weighted by atomic mass is 10.1. The Morgan fingerprint density at radius 2 is 1.77 bits per heavy atom. The fraction of sp³-hybridized carbons (Fsp3) is 0.450. The molecule has 0 unspecified atom stereocenters. The second-order valence-corrected chi connectivity index (χ2v) is 6.61. The summed E-state index contributed by atoms with van der Waals surface area (Å²) in [7, 11) is 1.76. The number of tetrazole rings is 1. The summed E-state index contributed by atoms with van der Waals surface area (Å²) in [4.78, 5) is 1.46. The van der Waals surface area contributed by atoms with Crippen LogP contribution in [0.25, 0.3) is 11.4 Å². The summed E-state index contributed by atoms with van der Waals surface area (Å²) in [5.41, 5.74) is 3.12. The molecule has 0 atom stereocenters. The summed E-state index contributed by atoms with van der Waals surface area (Å²) in [6.45, 7) is 6.91. The van der Waals surface area contributed by atoms with Crippen molar-refractivity contribution in [3.05, 3.63) is 46.9 Å². The summed E-state index contributed by atoms with van der Waals surface area (Å²) in [6, 6.07) is 8.24. The second kappa shape index (κ2) is 8.17. The van der Waals surface area contributed by atoms with Crippen molar-refractivity contribution in [3.8, 4) is 17.1 Å². The first-order valence-electron chi connectivity index (χ1n) is 9.13. The van der Waals surface area contributed by atoms with E-state index in [1.807, 2.05) is 26.0 Å². The van der Waals surface area contributed by atoms with Gasteiger partial charge in [0, 0.05) is 18.4 Å². The number of furan rings is 1. The van der Waals surface area contributed by atoms with E-state index in [2.05, 4.69) is 34.5 Å². The van der Waals surface area contributed by atoms with Crippen molar-refractivity contribution < 1.29 is 9.15 Å². The molecule has 6 heteroatoms. The van der Waals surface area contributed by atoms with Gasteiger partial charge in [-0.1, -0.05) is 6.92 Å². The van der Waals surface area contributed by atoms with Gasteiger partial charge in [0.25, 0.3) is 0 Å². The maximum Gasteiger partial charge on any atom is 0.204 e. The van der Waals surface area contributed by atoms with Crippen LogP contribution in [0, 0.1) is 13.8 Å². The fourth-order valence-electron chi connectivity index (χ4n) is 3.06. The van der Waals surface area contributed by atoms with Crippen LogP contribution < -0.4 is 4.74 Å². The first kappa shape index (κ1) is 18.2. The molecule has 0 radical (unpaired) electrons. The molecule has 2 heterocycles. The minimum atomic E-state index is 0.631. The van der Waals surface area contributed by atoms with E-state index in [1.165, 1.54) is 4.80 Å². The van der Waals surface area contributed by atoms with Crippen LogP contribution in [0.5, 0.6) is 5.75 Å². The average molecular weight is 354 g/mol. The van der Waals surface area contributed by atoms with Crippen LogP contribution in [0.1, 0.15) is 42.4 Å². The minimum Gasteiger partial charge on any atom is -0.493 e. The van der Waals surface area contributed by atoms with Crippen LogP contribution in [0.4, 0.5) is 0 Å². The lowest BCUT2D eigenvalue weighted by Gasteiger charge is -2.13. The summed E-state index contributed by atoms with van der Waals surface area (Å²) in [5, 5.41) is 12.2. The predicted octanol–water partition coefficient (Wildman–Crippen LogP) is 4.05. The van der Waals surface area contributed by atoms with Gasteiger partial charge >= 0.3 is 0 Å². The van der Waals surface area contributed by atoms with Crippen LogP contribution in [-0.4, -0.2) is 26.8 Å². The van der Waals surface area contributed by atoms with Gasteiger partial charge in [0.15, 0.2) is 0 Å². The Hall–Kier alpha value is -2.63. The van der Waals surface area contributed by atoms with E-state index < -0.39 is 0 Å². The van der Waals surface area contributed by atoms with Crippen LogP contribution in [0.2, 0.25) is 0 Å². The average Bonchev–Trinajstić information content (AvgIpc) is 3.23. The molecule has 0 saturated carbocycles. The highest BCUT2D eigenvalue weighted by Gasteiger charge is 2.11. The van der Waals surface area contributed by atoms with Gasteiger partial charge < -0.3 is 9.15 Å². The van der Waals surface area contributed by atoms with Crippen LogP contribution in [0.15, 0.2) is 28.7 Å². The largest absolute Gasteiger partial charge is 0.493 e. The van der Waals surface area contributed by atoms with Crippen molar-refractivity contribution in [2.24, 2.45) is 7.05 Å². The van der Waals surface area contributed by atoms with E-state index in [0.29, 0.717) is 12.4 Å². The number of aryl methyl sites for hydroxylation is 5. The molecule has 0 aliphatic rings. The van der Waals surface area contributed by atoms with Crippen molar-refractivity contribution in [2.75, 3.05) is 6.61 Å². The highest BCUT2D eigenvalue weighted by atomic mass is 16.5. The van der Waals surface area contributed by atoms with E-state index >= 15 is 0 Å². The van der Waals surface area contributed by atoms with Gasteiger partial charge in [0.05, 0.1) is 13.7 Å². The number of benzene rings is 1. The van der Waals surface area contributed by atoms with E-state index in [0.717, 1.165) is 59.6 Å². The molecule has 138 valence electrons. The number of ether oxygens (including phenoxy) is 1. The van der Waals surface area contributed by atoms with Crippen LogP contribution in [-0.2, 0) is 19.9 Å². The zero-order valence-electron chi connectivity index (χ0n) is 16.0. The predicted molar refractivity (Wildman–Crippen MR) is 100 cm³/mol. The lowest BCUT2D eigenvalue weighted by molar-refractivity contribution is 0.301. The van der Waals surface area contributed by atoms with Crippen molar-refractivity contribution in [3.63, 3.8) is 0 Å². The number of nitrogens with zero attached hydrogens (tertiary/aromatic N) is 4. The Labute approximate surface area is 154 Å². The van der Waals surface area contributed by atoms with E-state index in [1.54, 1.807) is 7.05 Å². The molecule has 0 amide bonds.